The predicted octanol–water partition coefficient (Wildman–Crippen LogP) is 2.48. The zero-order valence-corrected chi connectivity index (χ0v) is 13.6. The van der Waals surface area contributed by atoms with Crippen LogP contribution in [0.15, 0.2) is 35.1 Å². The molecule has 24 heavy (non-hydrogen) atoms. The summed E-state index contributed by atoms with van der Waals surface area (Å²) < 4.78 is 7.09. The third-order valence-corrected chi connectivity index (χ3v) is 4.51. The van der Waals surface area contributed by atoms with Crippen LogP contribution in [0.25, 0.3) is 11.0 Å². The van der Waals surface area contributed by atoms with Gasteiger partial charge in [0.25, 0.3) is 0 Å². The highest BCUT2D eigenvalue weighted by molar-refractivity contribution is 5.78. The first-order valence-corrected chi connectivity index (χ1v) is 8.22. The van der Waals surface area contributed by atoms with Gasteiger partial charge in [-0.05, 0) is 25.0 Å². The second-order valence-corrected chi connectivity index (χ2v) is 6.09. The first-order valence-electron chi connectivity index (χ1n) is 8.22. The van der Waals surface area contributed by atoms with Crippen molar-refractivity contribution >= 4 is 16.9 Å². The summed E-state index contributed by atoms with van der Waals surface area (Å²) >= 11 is 0. The number of aryl methyl sites for hydroxylation is 2. The number of carbonyl (C=O) groups excluding carboxylic acids is 1. The van der Waals surface area contributed by atoms with Crippen molar-refractivity contribution in [3.05, 3.63) is 42.3 Å². The molecular weight excluding hydrogens is 306 g/mol. The summed E-state index contributed by atoms with van der Waals surface area (Å²) in [5.74, 6) is 1.28. The number of hydrogen-bond donors (Lipinski definition) is 0. The number of likely N-dealkylation sites (tertiary alicyclic amines) is 1. The smallest absolute Gasteiger partial charge is 0.224 e. The molecule has 1 aromatic carbocycles. The van der Waals surface area contributed by atoms with Gasteiger partial charge in [-0.25, -0.2) is 4.98 Å². The van der Waals surface area contributed by atoms with Gasteiger partial charge >= 0.3 is 0 Å². The van der Waals surface area contributed by atoms with Crippen LogP contribution in [0.5, 0.6) is 0 Å². The van der Waals surface area contributed by atoms with Crippen molar-refractivity contribution in [3.63, 3.8) is 0 Å². The van der Waals surface area contributed by atoms with Crippen molar-refractivity contribution in [1.82, 2.24) is 24.6 Å². The van der Waals surface area contributed by atoms with Gasteiger partial charge in [0, 0.05) is 26.4 Å². The highest BCUT2D eigenvalue weighted by atomic mass is 16.5. The van der Waals surface area contributed by atoms with Gasteiger partial charge in [0.1, 0.15) is 0 Å². The van der Waals surface area contributed by atoms with E-state index in [1.165, 1.54) is 0 Å². The summed E-state index contributed by atoms with van der Waals surface area (Å²) in [5, 5.41) is 3.99. The third kappa shape index (κ3) is 2.66. The maximum atomic E-state index is 12.7. The lowest BCUT2D eigenvalue weighted by atomic mass is 10.2. The number of nitrogens with zero attached hydrogens (tertiary/aromatic N) is 5. The lowest BCUT2D eigenvalue weighted by molar-refractivity contribution is -0.132. The van der Waals surface area contributed by atoms with Crippen molar-refractivity contribution in [2.24, 2.45) is 0 Å². The molecule has 1 fully saturated rings. The quantitative estimate of drug-likeness (QED) is 0.736. The van der Waals surface area contributed by atoms with Gasteiger partial charge in [0.15, 0.2) is 5.82 Å². The Morgan fingerprint density at radius 1 is 1.38 bits per heavy atom. The SMILES string of the molecule is Cc1nc([C@@H]2CCCN2C(=O)CCn2cnc3ccccc32)no1. The molecule has 0 saturated carbocycles. The Hall–Kier alpha value is -2.70. The third-order valence-electron chi connectivity index (χ3n) is 4.51. The zero-order chi connectivity index (χ0) is 16.5. The van der Waals surface area contributed by atoms with Gasteiger partial charge in [-0.2, -0.15) is 4.98 Å². The fraction of sp³-hybridized carbons (Fsp3) is 0.412. The number of hydrogen-bond acceptors (Lipinski definition) is 5. The fourth-order valence-electron chi connectivity index (χ4n) is 3.33. The van der Waals surface area contributed by atoms with Crippen molar-refractivity contribution in [1.29, 1.82) is 0 Å². The Kier molecular flexibility index (Phi) is 3.76. The predicted molar refractivity (Wildman–Crippen MR) is 87.1 cm³/mol. The number of carbonyl (C=O) groups is 1. The van der Waals surface area contributed by atoms with E-state index in [0.717, 1.165) is 30.4 Å². The molecule has 0 aliphatic carbocycles. The van der Waals surface area contributed by atoms with E-state index < -0.39 is 0 Å². The molecule has 2 aromatic heterocycles. The monoisotopic (exact) mass is 325 g/mol. The number of fused-ring (bicyclic) bond motifs is 1. The molecule has 1 amide bonds. The Balaban J connectivity index is 1.45. The van der Waals surface area contributed by atoms with Gasteiger partial charge in [-0.15, -0.1) is 0 Å². The van der Waals surface area contributed by atoms with E-state index in [1.54, 1.807) is 13.3 Å². The van der Waals surface area contributed by atoms with Crippen LogP contribution in [0.2, 0.25) is 0 Å². The molecule has 0 radical (unpaired) electrons. The van der Waals surface area contributed by atoms with Crippen LogP contribution in [0.1, 0.15) is 37.0 Å². The minimum atomic E-state index is -0.0607. The summed E-state index contributed by atoms with van der Waals surface area (Å²) in [7, 11) is 0. The second-order valence-electron chi connectivity index (χ2n) is 6.09. The molecule has 1 atom stereocenters. The lowest BCUT2D eigenvalue weighted by Crippen LogP contribution is -2.31. The van der Waals surface area contributed by atoms with Gasteiger partial charge in [0.2, 0.25) is 11.8 Å². The van der Waals surface area contributed by atoms with Gasteiger partial charge < -0.3 is 14.0 Å². The topological polar surface area (TPSA) is 77.1 Å². The Labute approximate surface area is 139 Å². The average molecular weight is 325 g/mol. The van der Waals surface area contributed by atoms with Gasteiger partial charge in [-0.3, -0.25) is 4.79 Å². The minimum Gasteiger partial charge on any atom is -0.340 e. The number of benzene rings is 1. The molecule has 7 nitrogen and oxygen atoms in total. The minimum absolute atomic E-state index is 0.0607. The molecule has 3 heterocycles. The summed E-state index contributed by atoms with van der Waals surface area (Å²) in [4.78, 5) is 23.2. The Morgan fingerprint density at radius 3 is 3.08 bits per heavy atom. The van der Waals surface area contributed by atoms with Crippen LogP contribution in [0.4, 0.5) is 0 Å². The van der Waals surface area contributed by atoms with E-state index in [-0.39, 0.29) is 11.9 Å². The highest BCUT2D eigenvalue weighted by Gasteiger charge is 2.32. The van der Waals surface area contributed by atoms with E-state index in [4.69, 9.17) is 4.52 Å². The van der Waals surface area contributed by atoms with Crippen LogP contribution in [-0.2, 0) is 11.3 Å². The summed E-state index contributed by atoms with van der Waals surface area (Å²) in [6.45, 7) is 3.14. The van der Waals surface area contributed by atoms with Crippen LogP contribution in [0, 0.1) is 6.92 Å². The largest absolute Gasteiger partial charge is 0.340 e. The summed E-state index contributed by atoms with van der Waals surface area (Å²) in [5.41, 5.74) is 2.00. The fourth-order valence-corrected chi connectivity index (χ4v) is 3.33. The lowest BCUT2D eigenvalue weighted by Gasteiger charge is -2.22. The number of rotatable bonds is 4. The highest BCUT2D eigenvalue weighted by Crippen LogP contribution is 2.30. The van der Waals surface area contributed by atoms with E-state index in [0.29, 0.717) is 24.7 Å². The summed E-state index contributed by atoms with van der Waals surface area (Å²) in [6, 6.07) is 7.88. The normalized spacial score (nSPS) is 17.7. The summed E-state index contributed by atoms with van der Waals surface area (Å²) in [6.07, 6.45) is 4.09. The van der Waals surface area contributed by atoms with Crippen LogP contribution in [-0.4, -0.2) is 37.0 Å². The molecule has 1 aliphatic heterocycles. The van der Waals surface area contributed by atoms with E-state index in [9.17, 15) is 4.79 Å². The van der Waals surface area contributed by atoms with E-state index in [1.807, 2.05) is 33.7 Å². The molecule has 0 N–H and O–H groups in total. The van der Waals surface area contributed by atoms with Crippen LogP contribution in [0.3, 0.4) is 0 Å². The maximum Gasteiger partial charge on any atom is 0.224 e. The number of imidazole rings is 1. The van der Waals surface area contributed by atoms with Gasteiger partial charge in [0.05, 0.1) is 23.4 Å². The zero-order valence-electron chi connectivity index (χ0n) is 13.6. The molecule has 0 bridgehead atoms. The maximum absolute atomic E-state index is 12.7. The molecule has 0 unspecified atom stereocenters. The standard InChI is InChI=1S/C17H19N5O2/c1-12-19-17(20-24-12)15-7-4-9-22(15)16(23)8-10-21-11-18-13-5-2-3-6-14(13)21/h2-3,5-6,11,15H,4,7-10H2,1H3/t15-/m0/s1. The van der Waals surface area contributed by atoms with Crippen molar-refractivity contribution in [2.75, 3.05) is 6.54 Å². The first kappa shape index (κ1) is 14.9. The number of para-hydroxylation sites is 2. The molecular formula is C17H19N5O2. The van der Waals surface area contributed by atoms with Crippen molar-refractivity contribution < 1.29 is 9.32 Å². The van der Waals surface area contributed by atoms with Crippen molar-refractivity contribution in [2.45, 2.75) is 38.8 Å². The molecule has 0 spiro atoms. The van der Waals surface area contributed by atoms with E-state index >= 15 is 0 Å². The first-order chi connectivity index (χ1) is 11.7. The van der Waals surface area contributed by atoms with E-state index in [2.05, 4.69) is 15.1 Å². The Morgan fingerprint density at radius 2 is 2.25 bits per heavy atom. The van der Waals surface area contributed by atoms with Crippen molar-refractivity contribution in [3.8, 4) is 0 Å². The van der Waals surface area contributed by atoms with Crippen LogP contribution >= 0.6 is 0 Å². The number of amides is 1. The molecule has 1 saturated heterocycles. The number of aromatic nitrogens is 4. The van der Waals surface area contributed by atoms with Gasteiger partial charge in [-0.1, -0.05) is 17.3 Å². The molecule has 7 heteroatoms. The molecule has 1 aliphatic rings. The molecule has 4 rings (SSSR count). The van der Waals surface area contributed by atoms with Crippen LogP contribution < -0.4 is 0 Å². The average Bonchev–Trinajstić information content (AvgIpc) is 3.31. The molecule has 3 aromatic rings. The second kappa shape index (κ2) is 6.07. The molecule has 124 valence electrons. The Bertz CT molecular complexity index is 869.